The molecule has 0 spiro atoms. The van der Waals surface area contributed by atoms with Crippen molar-refractivity contribution in [2.24, 2.45) is 0 Å². The number of aromatic hydroxyl groups is 1. The summed E-state index contributed by atoms with van der Waals surface area (Å²) in [6, 6.07) is 10.6. The number of phenolic OH excluding ortho intramolecular Hbond substituents is 1. The number of nitrogens with one attached hydrogen (secondary N) is 1. The lowest BCUT2D eigenvalue weighted by Gasteiger charge is -2.36. The van der Waals surface area contributed by atoms with Crippen LogP contribution >= 0.6 is 0 Å². The van der Waals surface area contributed by atoms with Gasteiger partial charge in [-0.15, -0.1) is 0 Å². The lowest BCUT2D eigenvalue weighted by molar-refractivity contribution is 0.110. The standard InChI is InChI=1S/C34H31F4N5O2/c35-19-12-34(8-1-9-43(34)14-19)17-45-33-26(13-39)32(42-15-20-3-4-21(16-42)40-20)24-6-5-23(29(37)31(24)41-33)25-11-22(44)10-18-2-7-27(36)30(38)28(18)25/h2,5-7,10-11,19-21,40,44H,1,3-4,8-9,12,14-17H2/t19-,20-,21+,34+/m1/s1. The molecule has 4 aliphatic heterocycles. The number of fused-ring (bicyclic) bond motifs is 5. The molecule has 45 heavy (non-hydrogen) atoms. The van der Waals surface area contributed by atoms with Crippen LogP contribution in [0.2, 0.25) is 0 Å². The van der Waals surface area contributed by atoms with E-state index in [2.05, 4.69) is 26.2 Å². The Morgan fingerprint density at radius 1 is 1.04 bits per heavy atom. The molecule has 4 aliphatic rings. The Morgan fingerprint density at radius 3 is 2.62 bits per heavy atom. The van der Waals surface area contributed by atoms with Crippen LogP contribution in [0.25, 0.3) is 32.8 Å². The summed E-state index contributed by atoms with van der Waals surface area (Å²) in [4.78, 5) is 8.75. The van der Waals surface area contributed by atoms with E-state index in [1.54, 1.807) is 6.07 Å². The second-order valence-corrected chi connectivity index (χ2v) is 12.9. The molecule has 0 saturated carbocycles. The third-order valence-corrected chi connectivity index (χ3v) is 10.2. The van der Waals surface area contributed by atoms with Gasteiger partial charge in [0.05, 0.1) is 11.2 Å². The fourth-order valence-electron chi connectivity index (χ4n) is 8.22. The molecule has 4 aromatic rings. The second kappa shape index (κ2) is 10.5. The van der Waals surface area contributed by atoms with E-state index in [0.29, 0.717) is 37.1 Å². The molecule has 2 bridgehead atoms. The number of anilines is 1. The van der Waals surface area contributed by atoms with Crippen LogP contribution in [0.1, 0.15) is 37.7 Å². The van der Waals surface area contributed by atoms with Crippen LogP contribution in [0, 0.1) is 28.8 Å². The summed E-state index contributed by atoms with van der Waals surface area (Å²) in [7, 11) is 0. The van der Waals surface area contributed by atoms with Crippen molar-refractivity contribution in [3.63, 3.8) is 0 Å². The van der Waals surface area contributed by atoms with E-state index in [1.807, 2.05) is 0 Å². The summed E-state index contributed by atoms with van der Waals surface area (Å²) >= 11 is 0. The molecule has 4 atom stereocenters. The predicted molar refractivity (Wildman–Crippen MR) is 162 cm³/mol. The van der Waals surface area contributed by atoms with Crippen LogP contribution in [0.3, 0.4) is 0 Å². The Kier molecular flexibility index (Phi) is 6.59. The summed E-state index contributed by atoms with van der Waals surface area (Å²) in [5.74, 6) is -3.34. The van der Waals surface area contributed by atoms with E-state index < -0.39 is 29.2 Å². The highest BCUT2D eigenvalue weighted by Crippen LogP contribution is 2.44. The first-order valence-electron chi connectivity index (χ1n) is 15.4. The third-order valence-electron chi connectivity index (χ3n) is 10.2. The van der Waals surface area contributed by atoms with Gasteiger partial charge in [-0.05, 0) is 67.4 Å². The van der Waals surface area contributed by atoms with Gasteiger partial charge in [-0.2, -0.15) is 5.26 Å². The first-order chi connectivity index (χ1) is 21.7. The van der Waals surface area contributed by atoms with Crippen LogP contribution in [-0.2, 0) is 0 Å². The number of alkyl halides is 1. The van der Waals surface area contributed by atoms with Crippen molar-refractivity contribution in [2.45, 2.75) is 55.9 Å². The first kappa shape index (κ1) is 28.3. The van der Waals surface area contributed by atoms with Gasteiger partial charge in [0.25, 0.3) is 0 Å². The number of nitriles is 1. The molecule has 0 unspecified atom stereocenters. The molecule has 232 valence electrons. The van der Waals surface area contributed by atoms with E-state index in [9.17, 15) is 19.1 Å². The summed E-state index contributed by atoms with van der Waals surface area (Å²) in [6.45, 7) is 2.42. The number of piperazine rings is 1. The largest absolute Gasteiger partial charge is 0.508 e. The van der Waals surface area contributed by atoms with Gasteiger partial charge in [0.2, 0.25) is 5.88 Å². The van der Waals surface area contributed by atoms with Crippen molar-refractivity contribution >= 4 is 27.4 Å². The number of benzene rings is 3. The van der Waals surface area contributed by atoms with Crippen LogP contribution < -0.4 is 15.0 Å². The number of ether oxygens (including phenoxy) is 1. The number of hydrogen-bond acceptors (Lipinski definition) is 7. The molecule has 7 nitrogen and oxygen atoms in total. The summed E-state index contributed by atoms with van der Waals surface area (Å²) in [6.07, 6.45) is 2.99. The highest BCUT2D eigenvalue weighted by Gasteiger charge is 2.49. The lowest BCUT2D eigenvalue weighted by atomic mass is 9.94. The Hall–Kier alpha value is -4.14. The number of pyridine rings is 1. The van der Waals surface area contributed by atoms with Crippen molar-refractivity contribution < 1.29 is 27.4 Å². The SMILES string of the molecule is N#Cc1c(OC[C@@]23CCCN2C[C@H](F)C3)nc2c(F)c(-c3cc(O)cc4ccc(F)c(F)c34)ccc2c1N1C[C@H]2CC[C@@H](C1)N2. The number of phenols is 1. The van der Waals surface area contributed by atoms with Crippen molar-refractivity contribution in [1.82, 2.24) is 15.2 Å². The minimum Gasteiger partial charge on any atom is -0.508 e. The second-order valence-electron chi connectivity index (χ2n) is 12.9. The molecule has 0 amide bonds. The van der Waals surface area contributed by atoms with E-state index in [-0.39, 0.29) is 63.3 Å². The van der Waals surface area contributed by atoms with E-state index >= 15 is 8.78 Å². The fraction of sp³-hybridized carbons (Fsp3) is 0.412. The molecule has 5 heterocycles. The summed E-state index contributed by atoms with van der Waals surface area (Å²) in [5.41, 5.74) is -0.0282. The smallest absolute Gasteiger partial charge is 0.234 e. The van der Waals surface area contributed by atoms with Crippen LogP contribution in [0.5, 0.6) is 11.6 Å². The average Bonchev–Trinajstić information content (AvgIpc) is 3.67. The topological polar surface area (TPSA) is 84.6 Å². The Labute approximate surface area is 257 Å². The number of halogens is 4. The van der Waals surface area contributed by atoms with Gasteiger partial charge in [-0.25, -0.2) is 22.5 Å². The maximum atomic E-state index is 16.8. The minimum absolute atomic E-state index is 0.0303. The van der Waals surface area contributed by atoms with E-state index in [0.717, 1.165) is 38.3 Å². The highest BCUT2D eigenvalue weighted by molar-refractivity contribution is 6.03. The van der Waals surface area contributed by atoms with Crippen LogP contribution in [0.15, 0.2) is 36.4 Å². The number of hydrogen-bond donors (Lipinski definition) is 2. The zero-order valence-corrected chi connectivity index (χ0v) is 24.4. The van der Waals surface area contributed by atoms with Gasteiger partial charge >= 0.3 is 0 Å². The van der Waals surface area contributed by atoms with E-state index in [1.165, 1.54) is 24.3 Å². The Morgan fingerprint density at radius 2 is 1.84 bits per heavy atom. The molecule has 4 fully saturated rings. The Bertz CT molecular complexity index is 1900. The maximum absolute atomic E-state index is 16.8. The number of nitrogens with zero attached hydrogens (tertiary/aromatic N) is 4. The Balaban J connectivity index is 1.32. The van der Waals surface area contributed by atoms with E-state index in [4.69, 9.17) is 4.74 Å². The van der Waals surface area contributed by atoms with Gasteiger partial charge < -0.3 is 20.1 Å². The average molecular weight is 618 g/mol. The van der Waals surface area contributed by atoms with Gasteiger partial charge in [-0.1, -0.05) is 12.1 Å². The minimum atomic E-state index is -1.15. The first-order valence-corrected chi connectivity index (χ1v) is 15.4. The van der Waals surface area contributed by atoms with Crippen molar-refractivity contribution in [3.05, 3.63) is 59.4 Å². The van der Waals surface area contributed by atoms with Crippen molar-refractivity contribution in [2.75, 3.05) is 37.7 Å². The normalized spacial score (nSPS) is 26.1. The van der Waals surface area contributed by atoms with Gasteiger partial charge in [0.1, 0.15) is 35.7 Å². The monoisotopic (exact) mass is 617 g/mol. The molecular weight excluding hydrogens is 586 g/mol. The molecule has 0 aliphatic carbocycles. The number of rotatable bonds is 5. The van der Waals surface area contributed by atoms with Crippen LogP contribution in [0.4, 0.5) is 23.2 Å². The zero-order valence-electron chi connectivity index (χ0n) is 24.4. The highest BCUT2D eigenvalue weighted by atomic mass is 19.2. The predicted octanol–water partition coefficient (Wildman–Crippen LogP) is 5.95. The maximum Gasteiger partial charge on any atom is 0.234 e. The molecule has 11 heteroatoms. The third kappa shape index (κ3) is 4.49. The van der Waals surface area contributed by atoms with Gasteiger partial charge in [-0.3, -0.25) is 4.90 Å². The quantitative estimate of drug-likeness (QED) is 0.268. The summed E-state index contributed by atoms with van der Waals surface area (Å²) in [5, 5.41) is 24.9. The van der Waals surface area contributed by atoms with Gasteiger partial charge in [0, 0.05) is 54.5 Å². The fourth-order valence-corrected chi connectivity index (χ4v) is 8.22. The molecule has 3 aromatic carbocycles. The van der Waals surface area contributed by atoms with Crippen LogP contribution in [-0.4, -0.2) is 71.6 Å². The molecule has 0 radical (unpaired) electrons. The molecular formula is C34H31F4N5O2. The van der Waals surface area contributed by atoms with Crippen molar-refractivity contribution in [1.29, 1.82) is 5.26 Å². The lowest BCUT2D eigenvalue weighted by Crippen LogP contribution is -2.51. The summed E-state index contributed by atoms with van der Waals surface area (Å²) < 4.78 is 67.1. The molecule has 4 saturated heterocycles. The van der Waals surface area contributed by atoms with Gasteiger partial charge in [0.15, 0.2) is 17.5 Å². The van der Waals surface area contributed by atoms with Crippen molar-refractivity contribution in [3.8, 4) is 28.8 Å². The zero-order chi connectivity index (χ0) is 31.0. The molecule has 8 rings (SSSR count). The number of aromatic nitrogens is 1. The molecule has 2 N–H and O–H groups in total. The molecule has 1 aromatic heterocycles.